The summed E-state index contributed by atoms with van der Waals surface area (Å²) in [5, 5.41) is 2.72. The van der Waals surface area contributed by atoms with Crippen LogP contribution in [0.15, 0.2) is 18.3 Å². The molecule has 0 fully saturated rings. The van der Waals surface area contributed by atoms with Crippen LogP contribution in [0.1, 0.15) is 6.92 Å². The fourth-order valence-corrected chi connectivity index (χ4v) is 1.27. The summed E-state index contributed by atoms with van der Waals surface area (Å²) in [6.07, 6.45) is 1.65. The average Bonchev–Trinajstić information content (AvgIpc) is 2.18. The van der Waals surface area contributed by atoms with Gasteiger partial charge in [0.25, 0.3) is 0 Å². The first-order valence-corrected chi connectivity index (χ1v) is 4.83. The molecule has 0 bridgehead atoms. The first kappa shape index (κ1) is 11.3. The standard InChI is InChI=1S/C10H16N4O/c1-3-12-9(15)7-14(2)10-8(11)5-4-6-13-10/h4-6H,3,7,11H2,1-2H3,(H,12,15). The lowest BCUT2D eigenvalue weighted by atomic mass is 10.3. The van der Waals surface area contributed by atoms with E-state index in [9.17, 15) is 4.79 Å². The molecule has 0 saturated carbocycles. The van der Waals surface area contributed by atoms with Gasteiger partial charge in [0.15, 0.2) is 5.82 Å². The number of hydrogen-bond acceptors (Lipinski definition) is 4. The van der Waals surface area contributed by atoms with E-state index in [0.717, 1.165) is 0 Å². The number of nitrogen functional groups attached to an aromatic ring is 1. The topological polar surface area (TPSA) is 71.2 Å². The lowest BCUT2D eigenvalue weighted by molar-refractivity contribution is -0.119. The van der Waals surface area contributed by atoms with Crippen LogP contribution in [0.4, 0.5) is 11.5 Å². The van der Waals surface area contributed by atoms with E-state index in [1.54, 1.807) is 30.3 Å². The molecule has 1 aromatic heterocycles. The summed E-state index contributed by atoms with van der Waals surface area (Å²) in [5.41, 5.74) is 6.31. The van der Waals surface area contributed by atoms with Crippen molar-refractivity contribution < 1.29 is 4.79 Å². The second-order valence-electron chi connectivity index (χ2n) is 3.23. The van der Waals surface area contributed by atoms with E-state index in [2.05, 4.69) is 10.3 Å². The number of rotatable bonds is 4. The Hall–Kier alpha value is -1.78. The van der Waals surface area contributed by atoms with Crippen molar-refractivity contribution >= 4 is 17.4 Å². The molecule has 1 amide bonds. The number of likely N-dealkylation sites (N-methyl/N-ethyl adjacent to an activating group) is 2. The number of carbonyl (C=O) groups excluding carboxylic acids is 1. The van der Waals surface area contributed by atoms with Crippen LogP contribution >= 0.6 is 0 Å². The van der Waals surface area contributed by atoms with Gasteiger partial charge in [-0.05, 0) is 19.1 Å². The molecule has 1 heterocycles. The van der Waals surface area contributed by atoms with Crippen LogP contribution in [0.2, 0.25) is 0 Å². The van der Waals surface area contributed by atoms with Gasteiger partial charge in [-0.3, -0.25) is 4.79 Å². The number of nitrogens with zero attached hydrogens (tertiary/aromatic N) is 2. The van der Waals surface area contributed by atoms with Gasteiger partial charge in [-0.25, -0.2) is 4.98 Å². The van der Waals surface area contributed by atoms with Gasteiger partial charge < -0.3 is 16.0 Å². The van der Waals surface area contributed by atoms with Gasteiger partial charge in [-0.15, -0.1) is 0 Å². The Morgan fingerprint density at radius 3 is 3.00 bits per heavy atom. The zero-order chi connectivity index (χ0) is 11.3. The third kappa shape index (κ3) is 3.12. The molecule has 0 spiro atoms. The van der Waals surface area contributed by atoms with E-state index < -0.39 is 0 Å². The number of anilines is 2. The van der Waals surface area contributed by atoms with Crippen LogP contribution < -0.4 is 16.0 Å². The molecule has 0 atom stereocenters. The summed E-state index contributed by atoms with van der Waals surface area (Å²) in [5.74, 6) is 0.591. The predicted molar refractivity (Wildman–Crippen MR) is 60.6 cm³/mol. The zero-order valence-electron chi connectivity index (χ0n) is 9.03. The highest BCUT2D eigenvalue weighted by atomic mass is 16.2. The Kier molecular flexibility index (Phi) is 3.91. The number of nitrogens with two attached hydrogens (primary N) is 1. The van der Waals surface area contributed by atoms with E-state index in [-0.39, 0.29) is 12.5 Å². The molecule has 0 unspecified atom stereocenters. The molecule has 5 nitrogen and oxygen atoms in total. The Bertz CT molecular complexity index is 340. The lowest BCUT2D eigenvalue weighted by Gasteiger charge is -2.18. The van der Waals surface area contributed by atoms with E-state index >= 15 is 0 Å². The lowest BCUT2D eigenvalue weighted by Crippen LogP contribution is -2.35. The molecular formula is C10H16N4O. The second-order valence-corrected chi connectivity index (χ2v) is 3.23. The quantitative estimate of drug-likeness (QED) is 0.743. The molecule has 82 valence electrons. The molecule has 5 heteroatoms. The molecule has 15 heavy (non-hydrogen) atoms. The van der Waals surface area contributed by atoms with Crippen molar-refractivity contribution in [3.8, 4) is 0 Å². The van der Waals surface area contributed by atoms with E-state index in [1.807, 2.05) is 6.92 Å². The van der Waals surface area contributed by atoms with E-state index in [1.165, 1.54) is 0 Å². The maximum Gasteiger partial charge on any atom is 0.239 e. The Balaban J connectivity index is 2.65. The fraction of sp³-hybridized carbons (Fsp3) is 0.400. The maximum absolute atomic E-state index is 11.3. The highest BCUT2D eigenvalue weighted by molar-refractivity contribution is 5.81. The van der Waals surface area contributed by atoms with Crippen molar-refractivity contribution in [3.05, 3.63) is 18.3 Å². The van der Waals surface area contributed by atoms with Gasteiger partial charge in [0.2, 0.25) is 5.91 Å². The minimum Gasteiger partial charge on any atom is -0.396 e. The Labute approximate surface area is 89.3 Å². The third-order valence-electron chi connectivity index (χ3n) is 1.93. The van der Waals surface area contributed by atoms with Crippen molar-refractivity contribution in [2.24, 2.45) is 0 Å². The summed E-state index contributed by atoms with van der Waals surface area (Å²) in [4.78, 5) is 17.2. The van der Waals surface area contributed by atoms with Crippen LogP contribution in [-0.2, 0) is 4.79 Å². The number of pyridine rings is 1. The van der Waals surface area contributed by atoms with Crippen molar-refractivity contribution in [2.45, 2.75) is 6.92 Å². The first-order valence-electron chi connectivity index (χ1n) is 4.83. The summed E-state index contributed by atoms with van der Waals surface area (Å²) < 4.78 is 0. The second kappa shape index (κ2) is 5.19. The molecule has 3 N–H and O–H groups in total. The Morgan fingerprint density at radius 2 is 2.40 bits per heavy atom. The van der Waals surface area contributed by atoms with Crippen molar-refractivity contribution in [2.75, 3.05) is 30.8 Å². The van der Waals surface area contributed by atoms with Crippen LogP contribution in [-0.4, -0.2) is 31.0 Å². The molecule has 0 aromatic carbocycles. The molecule has 1 rings (SSSR count). The molecule has 1 aromatic rings. The SMILES string of the molecule is CCNC(=O)CN(C)c1ncccc1N. The normalized spacial score (nSPS) is 9.73. The van der Waals surface area contributed by atoms with Crippen LogP contribution in [0.3, 0.4) is 0 Å². The maximum atomic E-state index is 11.3. The molecule has 0 saturated heterocycles. The largest absolute Gasteiger partial charge is 0.396 e. The average molecular weight is 208 g/mol. The molecular weight excluding hydrogens is 192 g/mol. The third-order valence-corrected chi connectivity index (χ3v) is 1.93. The highest BCUT2D eigenvalue weighted by Crippen LogP contribution is 2.16. The Morgan fingerprint density at radius 1 is 1.67 bits per heavy atom. The number of carbonyl (C=O) groups is 1. The monoisotopic (exact) mass is 208 g/mol. The summed E-state index contributed by atoms with van der Waals surface area (Å²) in [6.45, 7) is 2.77. The minimum atomic E-state index is -0.0370. The number of aromatic nitrogens is 1. The molecule has 0 aliphatic carbocycles. The van der Waals surface area contributed by atoms with Gasteiger partial charge >= 0.3 is 0 Å². The summed E-state index contributed by atoms with van der Waals surface area (Å²) in [7, 11) is 1.79. The van der Waals surface area contributed by atoms with Crippen molar-refractivity contribution in [1.82, 2.24) is 10.3 Å². The number of nitrogens with one attached hydrogen (secondary N) is 1. The van der Waals surface area contributed by atoms with Gasteiger partial charge in [-0.2, -0.15) is 0 Å². The van der Waals surface area contributed by atoms with Gasteiger partial charge in [0.05, 0.1) is 12.2 Å². The first-order chi connectivity index (χ1) is 7.15. The van der Waals surface area contributed by atoms with Gasteiger partial charge in [-0.1, -0.05) is 0 Å². The van der Waals surface area contributed by atoms with Gasteiger partial charge in [0, 0.05) is 19.8 Å². The van der Waals surface area contributed by atoms with Crippen molar-refractivity contribution in [3.63, 3.8) is 0 Å². The molecule has 0 aliphatic heterocycles. The van der Waals surface area contributed by atoms with Gasteiger partial charge in [0.1, 0.15) is 0 Å². The van der Waals surface area contributed by atoms with Crippen LogP contribution in [0, 0.1) is 0 Å². The molecule has 0 aliphatic rings. The van der Waals surface area contributed by atoms with Crippen LogP contribution in [0.5, 0.6) is 0 Å². The number of amides is 1. The minimum absolute atomic E-state index is 0.0370. The highest BCUT2D eigenvalue weighted by Gasteiger charge is 2.09. The summed E-state index contributed by atoms with van der Waals surface area (Å²) >= 11 is 0. The van der Waals surface area contributed by atoms with Crippen molar-refractivity contribution in [1.29, 1.82) is 0 Å². The summed E-state index contributed by atoms with van der Waals surface area (Å²) in [6, 6.07) is 3.52. The number of hydrogen-bond donors (Lipinski definition) is 2. The molecule has 0 radical (unpaired) electrons. The zero-order valence-corrected chi connectivity index (χ0v) is 9.03. The van der Waals surface area contributed by atoms with E-state index in [0.29, 0.717) is 18.1 Å². The smallest absolute Gasteiger partial charge is 0.239 e. The van der Waals surface area contributed by atoms with Crippen LogP contribution in [0.25, 0.3) is 0 Å². The van der Waals surface area contributed by atoms with E-state index in [4.69, 9.17) is 5.73 Å². The fourth-order valence-electron chi connectivity index (χ4n) is 1.27. The predicted octanol–water partition coefficient (Wildman–Crippen LogP) is 0.236.